The van der Waals surface area contributed by atoms with E-state index < -0.39 is 0 Å². The lowest BCUT2D eigenvalue weighted by molar-refractivity contribution is 0.0678. The van der Waals surface area contributed by atoms with Gasteiger partial charge in [-0.1, -0.05) is 13.0 Å². The van der Waals surface area contributed by atoms with Crippen molar-refractivity contribution < 1.29 is 4.79 Å². The Morgan fingerprint density at radius 3 is 2.62 bits per heavy atom. The summed E-state index contributed by atoms with van der Waals surface area (Å²) >= 11 is 1.77. The maximum atomic E-state index is 13.0. The molecule has 130 valence electrons. The van der Waals surface area contributed by atoms with Crippen molar-refractivity contribution in [2.24, 2.45) is 5.92 Å². The van der Waals surface area contributed by atoms with Gasteiger partial charge in [0.1, 0.15) is 0 Å². The Bertz CT molecular complexity index is 694. The highest BCUT2D eigenvalue weighted by atomic mass is 32.1. The summed E-state index contributed by atoms with van der Waals surface area (Å²) in [6, 6.07) is 6.69. The number of aromatic nitrogens is 1. The lowest BCUT2D eigenvalue weighted by atomic mass is 9.86. The molecule has 2 heterocycles. The molecule has 0 aliphatic heterocycles. The summed E-state index contributed by atoms with van der Waals surface area (Å²) in [6.07, 6.45) is 4.74. The van der Waals surface area contributed by atoms with Crippen LogP contribution in [0.4, 0.5) is 0 Å². The van der Waals surface area contributed by atoms with Crippen molar-refractivity contribution in [3.05, 3.63) is 45.4 Å². The highest BCUT2D eigenvalue weighted by Gasteiger charge is 2.27. The zero-order valence-electron chi connectivity index (χ0n) is 15.2. The van der Waals surface area contributed by atoms with E-state index in [0.717, 1.165) is 42.3 Å². The fourth-order valence-electron chi connectivity index (χ4n) is 3.80. The minimum absolute atomic E-state index is 0.181. The van der Waals surface area contributed by atoms with Crippen LogP contribution in [0, 0.1) is 19.8 Å². The Balaban J connectivity index is 1.77. The molecule has 0 spiro atoms. The molecule has 0 bridgehead atoms. The summed E-state index contributed by atoms with van der Waals surface area (Å²) in [5, 5.41) is 2.10. The van der Waals surface area contributed by atoms with E-state index in [1.165, 1.54) is 17.7 Å². The third kappa shape index (κ3) is 3.44. The van der Waals surface area contributed by atoms with Crippen LogP contribution in [0.25, 0.3) is 0 Å². The van der Waals surface area contributed by atoms with Crippen molar-refractivity contribution in [1.82, 2.24) is 9.47 Å². The molecule has 1 fully saturated rings. The van der Waals surface area contributed by atoms with E-state index in [1.807, 2.05) is 11.9 Å². The second-order valence-corrected chi connectivity index (χ2v) is 8.31. The number of rotatable bonds is 4. The van der Waals surface area contributed by atoms with Gasteiger partial charge < -0.3 is 9.47 Å². The summed E-state index contributed by atoms with van der Waals surface area (Å²) in [4.78, 5) is 16.3. The second kappa shape index (κ2) is 7.14. The van der Waals surface area contributed by atoms with Crippen molar-refractivity contribution in [2.75, 3.05) is 7.05 Å². The molecule has 0 radical (unpaired) electrons. The number of carbonyl (C=O) groups excluding carboxylic acids is 1. The van der Waals surface area contributed by atoms with Crippen molar-refractivity contribution in [3.63, 3.8) is 0 Å². The zero-order valence-corrected chi connectivity index (χ0v) is 16.0. The molecule has 2 aromatic rings. The molecule has 4 heteroatoms. The molecule has 1 amide bonds. The third-order valence-corrected chi connectivity index (χ3v) is 6.41. The Labute approximate surface area is 149 Å². The Kier molecular flexibility index (Phi) is 5.14. The van der Waals surface area contributed by atoms with Gasteiger partial charge in [0, 0.05) is 29.4 Å². The van der Waals surface area contributed by atoms with E-state index in [0.29, 0.717) is 6.04 Å². The van der Waals surface area contributed by atoms with E-state index in [4.69, 9.17) is 0 Å². The quantitative estimate of drug-likeness (QED) is 0.777. The summed E-state index contributed by atoms with van der Waals surface area (Å²) in [7, 11) is 1.98. The van der Waals surface area contributed by atoms with Crippen LogP contribution in [0.2, 0.25) is 0 Å². The van der Waals surface area contributed by atoms with Gasteiger partial charge in [0.25, 0.3) is 5.91 Å². The number of hydrogen-bond donors (Lipinski definition) is 0. The number of carbonyl (C=O) groups is 1. The van der Waals surface area contributed by atoms with Gasteiger partial charge in [-0.05, 0) is 63.0 Å². The Morgan fingerprint density at radius 1 is 1.29 bits per heavy atom. The molecule has 0 N–H and O–H groups in total. The van der Waals surface area contributed by atoms with Gasteiger partial charge in [-0.3, -0.25) is 4.79 Å². The predicted molar refractivity (Wildman–Crippen MR) is 101 cm³/mol. The number of nitrogens with zero attached hydrogens (tertiary/aromatic N) is 2. The van der Waals surface area contributed by atoms with Crippen LogP contribution in [0.3, 0.4) is 0 Å². The maximum absolute atomic E-state index is 13.0. The lowest BCUT2D eigenvalue weighted by Gasteiger charge is -2.33. The van der Waals surface area contributed by atoms with Crippen LogP contribution in [0.1, 0.15) is 59.2 Å². The maximum Gasteiger partial charge on any atom is 0.255 e. The molecular weight excluding hydrogens is 316 g/mol. The lowest BCUT2D eigenvalue weighted by Crippen LogP contribution is -2.39. The topological polar surface area (TPSA) is 25.2 Å². The van der Waals surface area contributed by atoms with Crippen molar-refractivity contribution in [2.45, 2.75) is 59.0 Å². The minimum Gasteiger partial charge on any atom is -0.343 e. The molecule has 3 nitrogen and oxygen atoms in total. The first-order valence-electron chi connectivity index (χ1n) is 8.93. The smallest absolute Gasteiger partial charge is 0.255 e. The fraction of sp³-hybridized carbons (Fsp3) is 0.550. The molecular formula is C20H28N2OS. The molecule has 1 aliphatic rings. The number of thiophene rings is 1. The monoisotopic (exact) mass is 344 g/mol. The van der Waals surface area contributed by atoms with Gasteiger partial charge in [-0.25, -0.2) is 0 Å². The van der Waals surface area contributed by atoms with Crippen LogP contribution >= 0.6 is 11.3 Å². The summed E-state index contributed by atoms with van der Waals surface area (Å²) in [5.41, 5.74) is 3.11. The van der Waals surface area contributed by atoms with Crippen molar-refractivity contribution in [3.8, 4) is 0 Å². The Hall–Kier alpha value is -1.55. The second-order valence-electron chi connectivity index (χ2n) is 7.28. The molecule has 2 aromatic heterocycles. The first-order chi connectivity index (χ1) is 11.5. The minimum atomic E-state index is 0.181. The number of hydrogen-bond acceptors (Lipinski definition) is 2. The Morgan fingerprint density at radius 2 is 2.00 bits per heavy atom. The van der Waals surface area contributed by atoms with Gasteiger partial charge in [-0.15, -0.1) is 11.3 Å². The third-order valence-electron chi connectivity index (χ3n) is 5.55. The van der Waals surface area contributed by atoms with Gasteiger partial charge in [0.15, 0.2) is 0 Å². The molecule has 1 aliphatic carbocycles. The molecule has 0 unspecified atom stereocenters. The molecule has 0 saturated heterocycles. The van der Waals surface area contributed by atoms with Crippen LogP contribution in [-0.2, 0) is 6.54 Å². The van der Waals surface area contributed by atoms with Crippen LogP contribution < -0.4 is 0 Å². The van der Waals surface area contributed by atoms with E-state index in [1.54, 1.807) is 11.3 Å². The van der Waals surface area contributed by atoms with Gasteiger partial charge in [0.05, 0.1) is 12.1 Å². The molecule has 3 rings (SSSR count). The number of aryl methyl sites for hydroxylation is 1. The van der Waals surface area contributed by atoms with E-state index >= 15 is 0 Å². The molecule has 24 heavy (non-hydrogen) atoms. The normalized spacial score (nSPS) is 21.0. The van der Waals surface area contributed by atoms with E-state index in [-0.39, 0.29) is 5.91 Å². The average molecular weight is 345 g/mol. The molecule has 0 aromatic carbocycles. The van der Waals surface area contributed by atoms with E-state index in [9.17, 15) is 4.79 Å². The summed E-state index contributed by atoms with van der Waals surface area (Å²) in [6.45, 7) is 7.34. The van der Waals surface area contributed by atoms with Gasteiger partial charge in [0.2, 0.25) is 0 Å². The number of amides is 1. The van der Waals surface area contributed by atoms with Gasteiger partial charge in [-0.2, -0.15) is 0 Å². The SMILES string of the molecule is Cc1cc(C(=O)N(C)C2CCC(C)CC2)c(C)n1Cc1cccs1. The standard InChI is InChI=1S/C20H28N2OS/c1-14-7-9-17(10-8-14)21(4)20(23)19-12-15(2)22(16(19)3)13-18-6-5-11-24-18/h5-6,11-12,14,17H,7-10,13H2,1-4H3. The predicted octanol–water partition coefficient (Wildman–Crippen LogP) is 4.87. The largest absolute Gasteiger partial charge is 0.343 e. The summed E-state index contributed by atoms with van der Waals surface area (Å²) in [5.74, 6) is 0.987. The first-order valence-corrected chi connectivity index (χ1v) is 9.81. The highest BCUT2D eigenvalue weighted by Crippen LogP contribution is 2.28. The zero-order chi connectivity index (χ0) is 17.3. The average Bonchev–Trinajstić information content (AvgIpc) is 3.18. The van der Waals surface area contributed by atoms with Crippen LogP contribution in [-0.4, -0.2) is 28.5 Å². The van der Waals surface area contributed by atoms with Crippen LogP contribution in [0.5, 0.6) is 0 Å². The first kappa shape index (κ1) is 17.3. The van der Waals surface area contributed by atoms with Crippen molar-refractivity contribution >= 4 is 17.2 Å². The fourth-order valence-corrected chi connectivity index (χ4v) is 4.50. The van der Waals surface area contributed by atoms with Crippen LogP contribution in [0.15, 0.2) is 23.6 Å². The highest BCUT2D eigenvalue weighted by molar-refractivity contribution is 7.09. The summed E-state index contributed by atoms with van der Waals surface area (Å²) < 4.78 is 2.26. The molecule has 1 saturated carbocycles. The van der Waals surface area contributed by atoms with E-state index in [2.05, 4.69) is 48.9 Å². The van der Waals surface area contributed by atoms with Gasteiger partial charge >= 0.3 is 0 Å². The van der Waals surface area contributed by atoms with Crippen molar-refractivity contribution in [1.29, 1.82) is 0 Å². The molecule has 0 atom stereocenters.